The molecule has 6 nitrogen and oxygen atoms in total. The number of ketones is 1. The maximum atomic E-state index is 13.8. The molecule has 5 rings (SSSR count). The number of aliphatic hydroxyl groups excluding tert-OH is 1. The molecule has 1 amide bonds. The zero-order valence-electron chi connectivity index (χ0n) is 18.0. The Morgan fingerprint density at radius 3 is 2.47 bits per heavy atom. The van der Waals surface area contributed by atoms with E-state index in [4.69, 9.17) is 0 Å². The van der Waals surface area contributed by atoms with Crippen LogP contribution < -0.4 is 4.90 Å². The van der Waals surface area contributed by atoms with E-state index in [1.807, 2.05) is 30.3 Å². The molecule has 168 valence electrons. The van der Waals surface area contributed by atoms with Crippen LogP contribution in [0.3, 0.4) is 0 Å². The van der Waals surface area contributed by atoms with Crippen LogP contribution in [0.2, 0.25) is 0 Å². The van der Waals surface area contributed by atoms with Gasteiger partial charge in [-0.3, -0.25) is 19.5 Å². The van der Waals surface area contributed by atoms with E-state index in [1.54, 1.807) is 25.3 Å². The summed E-state index contributed by atoms with van der Waals surface area (Å²) in [6.45, 7) is 1.72. The second kappa shape index (κ2) is 8.64. The smallest absolute Gasteiger partial charge is 0.294 e. The maximum absolute atomic E-state index is 13.8. The number of pyridine rings is 1. The number of thiazole rings is 1. The van der Waals surface area contributed by atoms with E-state index in [0.717, 1.165) is 5.56 Å². The summed E-state index contributed by atoms with van der Waals surface area (Å²) in [5, 5.41) is 11.5. The molecule has 1 aliphatic rings. The Morgan fingerprint density at radius 2 is 1.79 bits per heavy atom. The number of rotatable bonds is 5. The molecule has 1 aliphatic heterocycles. The van der Waals surface area contributed by atoms with Crippen molar-refractivity contribution in [3.05, 3.63) is 112 Å². The number of benzene rings is 2. The lowest BCUT2D eigenvalue weighted by atomic mass is 9.96. The number of carbonyl (C=O) groups is 2. The largest absolute Gasteiger partial charge is 0.503 e. The van der Waals surface area contributed by atoms with Gasteiger partial charge >= 0.3 is 0 Å². The number of Topliss-reactive ketones (excluding diaryl/α,β-unsaturated/α-hetero) is 1. The molecule has 0 spiro atoms. The number of anilines is 1. The summed E-state index contributed by atoms with van der Waals surface area (Å²) in [4.78, 5) is 37.2. The Labute approximate surface area is 198 Å². The number of hydrogen-bond donors (Lipinski definition) is 1. The van der Waals surface area contributed by atoms with E-state index in [2.05, 4.69) is 9.97 Å². The van der Waals surface area contributed by atoms with E-state index in [9.17, 15) is 19.1 Å². The van der Waals surface area contributed by atoms with Crippen LogP contribution >= 0.6 is 11.3 Å². The van der Waals surface area contributed by atoms with Gasteiger partial charge in [-0.25, -0.2) is 9.37 Å². The predicted molar refractivity (Wildman–Crippen MR) is 127 cm³/mol. The molecule has 0 radical (unpaired) electrons. The summed E-state index contributed by atoms with van der Waals surface area (Å²) in [5.41, 5.74) is 2.20. The van der Waals surface area contributed by atoms with E-state index in [0.29, 0.717) is 26.8 Å². The molecule has 0 saturated heterocycles. The Kier molecular flexibility index (Phi) is 5.51. The normalized spacial score (nSPS) is 15.8. The zero-order valence-corrected chi connectivity index (χ0v) is 18.8. The number of halogens is 1. The standard InChI is InChI=1S/C26H18FN3O3S/c1-15-24(34-25(29-15)16-6-3-2-4-7-16)22(31)20-21(17-8-5-13-28-14-17)30(26(33)23(20)32)19-11-9-18(27)10-12-19/h2-14,21,32H,1H3. The second-order valence-electron chi connectivity index (χ2n) is 7.73. The van der Waals surface area contributed by atoms with Crippen molar-refractivity contribution in [1.82, 2.24) is 9.97 Å². The van der Waals surface area contributed by atoms with E-state index >= 15 is 0 Å². The molecule has 8 heteroatoms. The Balaban J connectivity index is 1.62. The number of aliphatic hydroxyl groups is 1. The Bertz CT molecular complexity index is 1420. The van der Waals surface area contributed by atoms with Crippen molar-refractivity contribution in [1.29, 1.82) is 0 Å². The number of nitrogens with zero attached hydrogens (tertiary/aromatic N) is 3. The van der Waals surface area contributed by atoms with Crippen LogP contribution in [0.5, 0.6) is 0 Å². The summed E-state index contributed by atoms with van der Waals surface area (Å²) in [6, 6.07) is 17.3. The third-order valence-corrected chi connectivity index (χ3v) is 6.79. The number of aryl methyl sites for hydroxylation is 1. The van der Waals surface area contributed by atoms with Crippen LogP contribution in [0.4, 0.5) is 10.1 Å². The van der Waals surface area contributed by atoms with Crippen LogP contribution in [-0.2, 0) is 4.79 Å². The molecule has 34 heavy (non-hydrogen) atoms. The Hall–Kier alpha value is -4.17. The highest BCUT2D eigenvalue weighted by molar-refractivity contribution is 7.17. The third-order valence-electron chi connectivity index (χ3n) is 5.58. The summed E-state index contributed by atoms with van der Waals surface area (Å²) in [5.74, 6) is -2.33. The molecule has 3 heterocycles. The molecule has 0 bridgehead atoms. The van der Waals surface area contributed by atoms with Crippen LogP contribution in [0, 0.1) is 12.7 Å². The SMILES string of the molecule is Cc1nc(-c2ccccc2)sc1C(=O)C1=C(O)C(=O)N(c2ccc(F)cc2)C1c1cccnc1. The van der Waals surface area contributed by atoms with Gasteiger partial charge in [-0.2, -0.15) is 0 Å². The minimum Gasteiger partial charge on any atom is -0.503 e. The predicted octanol–water partition coefficient (Wildman–Crippen LogP) is 5.44. The lowest BCUT2D eigenvalue weighted by Gasteiger charge is -2.26. The van der Waals surface area contributed by atoms with Gasteiger partial charge in [-0.15, -0.1) is 11.3 Å². The van der Waals surface area contributed by atoms with E-state index in [1.165, 1.54) is 46.7 Å². The molecular formula is C26H18FN3O3S. The second-order valence-corrected chi connectivity index (χ2v) is 8.73. The first-order valence-electron chi connectivity index (χ1n) is 10.5. The van der Waals surface area contributed by atoms with Crippen LogP contribution in [0.25, 0.3) is 10.6 Å². The van der Waals surface area contributed by atoms with Crippen molar-refractivity contribution in [3.8, 4) is 10.6 Å². The van der Waals surface area contributed by atoms with Crippen LogP contribution in [0.15, 0.2) is 90.5 Å². The molecule has 1 atom stereocenters. The van der Waals surface area contributed by atoms with Crippen LogP contribution in [-0.4, -0.2) is 26.8 Å². The zero-order chi connectivity index (χ0) is 23.8. The van der Waals surface area contributed by atoms with E-state index < -0.39 is 29.3 Å². The quantitative estimate of drug-likeness (QED) is 0.392. The minimum atomic E-state index is -0.930. The molecule has 1 N–H and O–H groups in total. The third kappa shape index (κ3) is 3.68. The molecule has 0 aliphatic carbocycles. The molecule has 1 unspecified atom stereocenters. The van der Waals surface area contributed by atoms with Gasteiger partial charge < -0.3 is 5.11 Å². The van der Waals surface area contributed by atoms with Crippen molar-refractivity contribution in [2.75, 3.05) is 4.90 Å². The fourth-order valence-electron chi connectivity index (χ4n) is 3.99. The average Bonchev–Trinajstić information content (AvgIpc) is 3.38. The Morgan fingerprint density at radius 1 is 1.06 bits per heavy atom. The van der Waals surface area contributed by atoms with Gasteiger partial charge in [-0.1, -0.05) is 36.4 Å². The summed E-state index contributed by atoms with van der Waals surface area (Å²) in [6.07, 6.45) is 3.11. The summed E-state index contributed by atoms with van der Waals surface area (Å²) in [7, 11) is 0. The molecule has 0 saturated carbocycles. The highest BCUT2D eigenvalue weighted by atomic mass is 32.1. The molecule has 2 aromatic heterocycles. The number of aromatic nitrogens is 2. The van der Waals surface area contributed by atoms with Gasteiger partial charge in [0, 0.05) is 23.6 Å². The topological polar surface area (TPSA) is 83.4 Å². The lowest BCUT2D eigenvalue weighted by Crippen LogP contribution is -2.31. The first kappa shape index (κ1) is 21.7. The molecule has 4 aromatic rings. The van der Waals surface area contributed by atoms with Crippen molar-refractivity contribution < 1.29 is 19.1 Å². The number of hydrogen-bond acceptors (Lipinski definition) is 6. The summed E-state index contributed by atoms with van der Waals surface area (Å²) < 4.78 is 13.5. The number of amides is 1. The van der Waals surface area contributed by atoms with Crippen molar-refractivity contribution in [3.63, 3.8) is 0 Å². The lowest BCUT2D eigenvalue weighted by molar-refractivity contribution is -0.117. The first-order valence-corrected chi connectivity index (χ1v) is 11.3. The highest BCUT2D eigenvalue weighted by Gasteiger charge is 2.45. The van der Waals surface area contributed by atoms with Crippen molar-refractivity contribution in [2.24, 2.45) is 0 Å². The molecular weight excluding hydrogens is 453 g/mol. The van der Waals surface area contributed by atoms with Gasteiger partial charge in [0.2, 0.25) is 5.78 Å². The average molecular weight is 472 g/mol. The summed E-state index contributed by atoms with van der Waals surface area (Å²) >= 11 is 1.21. The fourth-order valence-corrected chi connectivity index (χ4v) is 5.02. The van der Waals surface area contributed by atoms with Crippen LogP contribution in [0.1, 0.15) is 27.0 Å². The molecule has 0 fully saturated rings. The van der Waals surface area contributed by atoms with Gasteiger partial charge in [-0.05, 0) is 42.8 Å². The number of carbonyl (C=O) groups excluding carboxylic acids is 2. The van der Waals surface area contributed by atoms with Gasteiger partial charge in [0.1, 0.15) is 10.8 Å². The van der Waals surface area contributed by atoms with Crippen molar-refractivity contribution >= 4 is 28.7 Å². The van der Waals surface area contributed by atoms with Gasteiger partial charge in [0.25, 0.3) is 5.91 Å². The van der Waals surface area contributed by atoms with Gasteiger partial charge in [0.05, 0.1) is 22.2 Å². The van der Waals surface area contributed by atoms with E-state index in [-0.39, 0.29) is 5.57 Å². The monoisotopic (exact) mass is 471 g/mol. The fraction of sp³-hybridized carbons (Fsp3) is 0.0769. The first-order chi connectivity index (χ1) is 16.5. The van der Waals surface area contributed by atoms with Crippen molar-refractivity contribution in [2.45, 2.75) is 13.0 Å². The minimum absolute atomic E-state index is 0.0614. The van der Waals surface area contributed by atoms with Gasteiger partial charge in [0.15, 0.2) is 5.76 Å². The highest BCUT2D eigenvalue weighted by Crippen LogP contribution is 2.43. The molecule has 2 aromatic carbocycles. The maximum Gasteiger partial charge on any atom is 0.294 e.